The lowest BCUT2D eigenvalue weighted by Crippen LogP contribution is -2.37. The molecule has 2 aliphatic rings. The summed E-state index contributed by atoms with van der Waals surface area (Å²) >= 11 is 0. The Bertz CT molecular complexity index is 912. The molecule has 0 bridgehead atoms. The Labute approximate surface area is 159 Å². The third-order valence-electron chi connectivity index (χ3n) is 5.78. The van der Waals surface area contributed by atoms with Crippen LogP contribution in [0.4, 0.5) is 5.82 Å². The third-order valence-corrected chi connectivity index (χ3v) is 5.78. The van der Waals surface area contributed by atoms with Gasteiger partial charge in [-0.3, -0.25) is 0 Å². The minimum absolute atomic E-state index is 0.624. The molecule has 0 radical (unpaired) electrons. The predicted octanol–water partition coefficient (Wildman–Crippen LogP) is 3.70. The smallest absolute Gasteiger partial charge is 0.253 e. The Balaban J connectivity index is 1.62. The predicted molar refractivity (Wildman–Crippen MR) is 106 cm³/mol. The Hall–Kier alpha value is -2.47. The first-order valence-corrected chi connectivity index (χ1v) is 10.0. The van der Waals surface area contributed by atoms with Crippen molar-refractivity contribution in [2.45, 2.75) is 38.0 Å². The van der Waals surface area contributed by atoms with Gasteiger partial charge in [-0.15, -0.1) is 0 Å². The fraction of sp³-hybridized carbons (Fsp3) is 0.476. The second-order valence-electron chi connectivity index (χ2n) is 7.51. The average molecular weight is 363 g/mol. The molecule has 140 valence electrons. The maximum absolute atomic E-state index is 5.55. The van der Waals surface area contributed by atoms with Gasteiger partial charge in [0.05, 0.1) is 18.7 Å². The molecule has 1 aliphatic carbocycles. The minimum atomic E-state index is 0.624. The molecule has 5 rings (SSSR count). The number of aromatic nitrogens is 4. The number of hydrogen-bond donors (Lipinski definition) is 0. The van der Waals surface area contributed by atoms with Crippen LogP contribution in [0.25, 0.3) is 16.9 Å². The van der Waals surface area contributed by atoms with Crippen LogP contribution >= 0.6 is 0 Å². The summed E-state index contributed by atoms with van der Waals surface area (Å²) in [6.07, 6.45) is 10.3. The zero-order valence-corrected chi connectivity index (χ0v) is 15.5. The standard InChI is InChI=1S/C21H25N5O/c1-2-5-16(6-3-1)17-7-8-19-18(15-17)20(25-11-13-27-14-12-25)24-21(23-19)26-10-4-9-22-26/h4,7-10,15-16H,1-3,5-6,11-14H2. The fourth-order valence-electron chi connectivity index (χ4n) is 4.31. The zero-order chi connectivity index (χ0) is 18.1. The van der Waals surface area contributed by atoms with Crippen LogP contribution in [0, 0.1) is 0 Å². The summed E-state index contributed by atoms with van der Waals surface area (Å²) in [6.45, 7) is 3.20. The second-order valence-corrected chi connectivity index (χ2v) is 7.51. The lowest BCUT2D eigenvalue weighted by Gasteiger charge is -2.29. The first-order chi connectivity index (χ1) is 13.4. The van der Waals surface area contributed by atoms with Crippen molar-refractivity contribution in [2.24, 2.45) is 0 Å². The van der Waals surface area contributed by atoms with Crippen molar-refractivity contribution in [1.82, 2.24) is 19.7 Å². The number of fused-ring (bicyclic) bond motifs is 1. The number of nitrogens with zero attached hydrogens (tertiary/aromatic N) is 5. The Morgan fingerprint density at radius 1 is 1.00 bits per heavy atom. The van der Waals surface area contributed by atoms with Gasteiger partial charge in [0.25, 0.3) is 5.95 Å². The minimum Gasteiger partial charge on any atom is -0.378 e. The zero-order valence-electron chi connectivity index (χ0n) is 15.5. The number of anilines is 1. The van der Waals surface area contributed by atoms with Crippen molar-refractivity contribution in [2.75, 3.05) is 31.2 Å². The molecule has 6 heteroatoms. The topological polar surface area (TPSA) is 56.1 Å². The van der Waals surface area contributed by atoms with Gasteiger partial charge < -0.3 is 9.64 Å². The molecule has 0 amide bonds. The average Bonchev–Trinajstić information content (AvgIpc) is 3.29. The molecule has 3 aromatic rings. The molecule has 0 unspecified atom stereocenters. The van der Waals surface area contributed by atoms with Crippen LogP contribution in [0.15, 0.2) is 36.7 Å². The molecule has 0 atom stereocenters. The fourth-order valence-corrected chi connectivity index (χ4v) is 4.31. The van der Waals surface area contributed by atoms with E-state index < -0.39 is 0 Å². The summed E-state index contributed by atoms with van der Waals surface area (Å²) in [5.41, 5.74) is 2.42. The monoisotopic (exact) mass is 363 g/mol. The van der Waals surface area contributed by atoms with Gasteiger partial charge in [0.15, 0.2) is 0 Å². The van der Waals surface area contributed by atoms with Crippen LogP contribution in [0.5, 0.6) is 0 Å². The van der Waals surface area contributed by atoms with E-state index in [0.29, 0.717) is 11.9 Å². The van der Waals surface area contributed by atoms with Crippen LogP contribution in [0.3, 0.4) is 0 Å². The van der Waals surface area contributed by atoms with Crippen molar-refractivity contribution in [3.8, 4) is 5.95 Å². The summed E-state index contributed by atoms with van der Waals surface area (Å²) in [5.74, 6) is 2.30. The quantitative estimate of drug-likeness (QED) is 0.710. The molecule has 1 saturated heterocycles. The van der Waals surface area contributed by atoms with Crippen LogP contribution < -0.4 is 4.90 Å². The molecular formula is C21H25N5O. The van der Waals surface area contributed by atoms with Gasteiger partial charge in [0.1, 0.15) is 5.82 Å². The van der Waals surface area contributed by atoms with Crippen molar-refractivity contribution in [3.05, 3.63) is 42.2 Å². The van der Waals surface area contributed by atoms with E-state index in [-0.39, 0.29) is 0 Å². The normalized spacial score (nSPS) is 18.9. The van der Waals surface area contributed by atoms with Crippen molar-refractivity contribution >= 4 is 16.7 Å². The highest BCUT2D eigenvalue weighted by Crippen LogP contribution is 2.35. The van der Waals surface area contributed by atoms with Gasteiger partial charge in [-0.05, 0) is 42.5 Å². The Morgan fingerprint density at radius 2 is 1.85 bits per heavy atom. The van der Waals surface area contributed by atoms with Gasteiger partial charge in [-0.1, -0.05) is 25.3 Å². The molecule has 27 heavy (non-hydrogen) atoms. The molecule has 2 fully saturated rings. The van der Waals surface area contributed by atoms with E-state index in [0.717, 1.165) is 43.0 Å². The van der Waals surface area contributed by atoms with Crippen LogP contribution in [-0.2, 0) is 4.74 Å². The molecule has 1 aromatic carbocycles. The van der Waals surface area contributed by atoms with E-state index in [4.69, 9.17) is 14.7 Å². The summed E-state index contributed by atoms with van der Waals surface area (Å²) in [5, 5.41) is 5.47. The Morgan fingerprint density at radius 3 is 2.63 bits per heavy atom. The molecule has 0 spiro atoms. The molecular weight excluding hydrogens is 338 g/mol. The summed E-state index contributed by atoms with van der Waals surface area (Å²) < 4.78 is 7.29. The van der Waals surface area contributed by atoms with Crippen molar-refractivity contribution < 1.29 is 4.74 Å². The highest BCUT2D eigenvalue weighted by Gasteiger charge is 2.21. The lowest BCUT2D eigenvalue weighted by atomic mass is 9.84. The van der Waals surface area contributed by atoms with Gasteiger partial charge in [0, 0.05) is 30.9 Å². The van der Waals surface area contributed by atoms with Gasteiger partial charge >= 0.3 is 0 Å². The van der Waals surface area contributed by atoms with Crippen LogP contribution in [0.2, 0.25) is 0 Å². The molecule has 2 aromatic heterocycles. The highest BCUT2D eigenvalue weighted by atomic mass is 16.5. The van der Waals surface area contributed by atoms with Crippen LogP contribution in [0.1, 0.15) is 43.6 Å². The van der Waals surface area contributed by atoms with Crippen molar-refractivity contribution in [1.29, 1.82) is 0 Å². The van der Waals surface area contributed by atoms with E-state index >= 15 is 0 Å². The molecule has 1 saturated carbocycles. The lowest BCUT2D eigenvalue weighted by molar-refractivity contribution is 0.122. The number of morpholine rings is 1. The van der Waals surface area contributed by atoms with E-state index in [1.807, 2.05) is 12.3 Å². The van der Waals surface area contributed by atoms with Gasteiger partial charge in [-0.25, -0.2) is 9.67 Å². The highest BCUT2D eigenvalue weighted by molar-refractivity contribution is 5.90. The number of ether oxygens (including phenoxy) is 1. The molecule has 6 nitrogen and oxygen atoms in total. The van der Waals surface area contributed by atoms with Crippen LogP contribution in [-0.4, -0.2) is 46.1 Å². The molecule has 3 heterocycles. The van der Waals surface area contributed by atoms with E-state index in [1.165, 1.54) is 37.7 Å². The van der Waals surface area contributed by atoms with E-state index in [9.17, 15) is 0 Å². The summed E-state index contributed by atoms with van der Waals surface area (Å²) in [6, 6.07) is 8.66. The maximum Gasteiger partial charge on any atom is 0.253 e. The van der Waals surface area contributed by atoms with Gasteiger partial charge in [-0.2, -0.15) is 10.1 Å². The molecule has 1 aliphatic heterocycles. The van der Waals surface area contributed by atoms with E-state index in [2.05, 4.69) is 28.2 Å². The maximum atomic E-state index is 5.55. The first kappa shape index (κ1) is 16.7. The van der Waals surface area contributed by atoms with Gasteiger partial charge in [0.2, 0.25) is 0 Å². The largest absolute Gasteiger partial charge is 0.378 e. The SMILES string of the molecule is c1cnn(-c2nc(N3CCOCC3)c3cc(C4CCCCC4)ccc3n2)c1. The van der Waals surface area contributed by atoms with E-state index in [1.54, 1.807) is 10.9 Å². The summed E-state index contributed by atoms with van der Waals surface area (Å²) in [7, 11) is 0. The Kier molecular flexibility index (Phi) is 4.49. The number of rotatable bonds is 3. The number of benzene rings is 1. The second kappa shape index (κ2) is 7.27. The number of hydrogen-bond acceptors (Lipinski definition) is 5. The molecule has 0 N–H and O–H groups in total. The summed E-state index contributed by atoms with van der Waals surface area (Å²) in [4.78, 5) is 12.0. The van der Waals surface area contributed by atoms with Crippen molar-refractivity contribution in [3.63, 3.8) is 0 Å². The third kappa shape index (κ3) is 3.30. The first-order valence-electron chi connectivity index (χ1n) is 10.0.